The molecule has 12 rings (SSSR count). The summed E-state index contributed by atoms with van der Waals surface area (Å²) in [7, 11) is -2.85. The van der Waals surface area contributed by atoms with Crippen molar-refractivity contribution < 1.29 is 145 Å². The zero-order chi connectivity index (χ0) is 98.8. The minimum atomic E-state index is -1.50. The van der Waals surface area contributed by atoms with Gasteiger partial charge in [0.1, 0.15) is 49.0 Å². The standard InChI is InChI=1S/C20H36O5Si.C18H32O7Si.C18H32O4.C16H28O6.C15H24O5.C14H26O3/c1-7-23-18(22)12-15-8-9-17-20(24-15)14(3)13(2)19(25-17)16(21)10-11-26(4,5)6;1-5-23-14(20)10-11-6-7-13-18(24-11)16(22)15(21)17(25-13)12(19)8-9-26(2,3)4;1-6-11(3)17-12(4)13(5)18-15(22-17)9-8-14(21-18)10-16(19)20-7-2;1-4-20-14(19)7-11-5-6-13-16(21-11)10(3)9(2)15(22-13)12(18)8-17;1-4-18-14(17)7-11-5-6-12-15(19-11)10(3)9(2)13(8-16)20-12;1-5-8(2)13-9(3)10(4)14-11(16-13)6-7-12(15)17-14/h10-11,13-17,19-21H,7-9,12H2,1-6H3;8-9,11-13,15-19,21-22H,5-7,10H2,1-4H3;11-15,17-18H,6-10H2,1-5H3;9-13,15-18H,4-8H2,1-3H3;8-13,15H,4-7H2,1-3H3;8-15H,5-7H2,1-4H3/b11-10+;9-8+;;;;/t13-,14+,15+,16-,17-,19+,20+;11-,12+,13+,15+,16-,17+,18+;11?,12-,13+,14+,15-,17-,18+;9-,10+,11+,12?,13-,15+,16+;9-,10+,11+,12-,13-,15+;8?,9-,10+,11-,12?,13-,14+/m010000/s1. The number of fused-ring (bicyclic) bond motifs is 6. The third-order valence-corrected chi connectivity index (χ3v) is 32.4. The molecular formula is C101H178O30Si2. The zero-order valence-corrected chi connectivity index (χ0v) is 87.3. The molecule has 0 spiro atoms. The monoisotopic (exact) mass is 1930 g/mol. The molecule has 0 aromatic rings. The summed E-state index contributed by atoms with van der Waals surface area (Å²) in [5.41, 5.74) is 4.16. The maximum absolute atomic E-state index is 11.7. The number of aldehydes is 1. The van der Waals surface area contributed by atoms with Gasteiger partial charge in [0.05, 0.1) is 216 Å². The first-order valence-electron chi connectivity index (χ1n) is 51.0. The van der Waals surface area contributed by atoms with Crippen molar-refractivity contribution >= 4 is 52.3 Å². The predicted molar refractivity (Wildman–Crippen MR) is 507 cm³/mol. The number of aliphatic hydroxyl groups excluding tert-OH is 7. The lowest BCUT2D eigenvalue weighted by atomic mass is 9.75. The van der Waals surface area contributed by atoms with Crippen molar-refractivity contribution in [2.45, 2.75) is 470 Å². The van der Waals surface area contributed by atoms with E-state index in [1.54, 1.807) is 26.8 Å². The van der Waals surface area contributed by atoms with Crippen LogP contribution in [0.5, 0.6) is 0 Å². The van der Waals surface area contributed by atoms with Crippen LogP contribution in [0.25, 0.3) is 0 Å². The Morgan fingerprint density at radius 1 is 0.331 bits per heavy atom. The molecule has 32 heteroatoms. The maximum Gasteiger partial charge on any atom is 0.308 e. The van der Waals surface area contributed by atoms with Gasteiger partial charge < -0.3 is 121 Å². The first kappa shape index (κ1) is 116. The van der Waals surface area contributed by atoms with Gasteiger partial charge in [-0.3, -0.25) is 24.0 Å². The average molecular weight is 1930 g/mol. The van der Waals surface area contributed by atoms with E-state index in [9.17, 15) is 59.4 Å². The van der Waals surface area contributed by atoms with Gasteiger partial charge in [-0.1, -0.05) is 173 Å². The van der Waals surface area contributed by atoms with Crippen molar-refractivity contribution in [3.8, 4) is 0 Å². The highest BCUT2D eigenvalue weighted by molar-refractivity contribution is 6.81. The second-order valence-electron chi connectivity index (χ2n) is 42.2. The highest BCUT2D eigenvalue weighted by atomic mass is 28.3. The lowest BCUT2D eigenvalue weighted by Gasteiger charge is -2.50. The molecule has 7 N–H and O–H groups in total. The number of hydrogen-bond donors (Lipinski definition) is 7. The maximum atomic E-state index is 11.7. The number of aliphatic hydroxyl groups is 7. The Morgan fingerprint density at radius 2 is 0.594 bits per heavy atom. The minimum Gasteiger partial charge on any atom is -0.466 e. The molecule has 12 aliphatic heterocycles. The van der Waals surface area contributed by atoms with E-state index in [2.05, 4.69) is 128 Å². The number of ether oxygens (including phenoxy) is 17. The van der Waals surface area contributed by atoms with Crippen LogP contribution in [0.15, 0.2) is 23.6 Å². The quantitative estimate of drug-likeness (QED) is 0.0166. The fourth-order valence-corrected chi connectivity index (χ4v) is 22.5. The van der Waals surface area contributed by atoms with Crippen molar-refractivity contribution in [1.82, 2.24) is 0 Å². The summed E-state index contributed by atoms with van der Waals surface area (Å²) in [5, 5.41) is 70.6. The molecule has 133 heavy (non-hydrogen) atoms. The van der Waals surface area contributed by atoms with Gasteiger partial charge in [-0.05, 0) is 176 Å². The van der Waals surface area contributed by atoms with E-state index in [-0.39, 0.29) is 195 Å². The smallest absolute Gasteiger partial charge is 0.308 e. The van der Waals surface area contributed by atoms with Crippen molar-refractivity contribution in [3.05, 3.63) is 23.6 Å². The summed E-state index contributed by atoms with van der Waals surface area (Å²) in [5.74, 6) is 3.04. The topological polar surface area (TPSA) is 401 Å². The molecule has 12 fully saturated rings. The van der Waals surface area contributed by atoms with Crippen LogP contribution < -0.4 is 0 Å². The van der Waals surface area contributed by atoms with Crippen molar-refractivity contribution in [2.75, 3.05) is 39.6 Å². The lowest BCUT2D eigenvalue weighted by Crippen LogP contribution is -2.63. The van der Waals surface area contributed by atoms with Crippen LogP contribution in [0, 0.1) is 71.0 Å². The lowest BCUT2D eigenvalue weighted by molar-refractivity contribution is -0.274. The molecule has 0 radical (unpaired) electrons. The number of hydrogen-bond acceptors (Lipinski definition) is 30. The van der Waals surface area contributed by atoms with Crippen LogP contribution in [0.2, 0.25) is 39.3 Å². The van der Waals surface area contributed by atoms with E-state index in [1.165, 1.54) is 0 Å². The summed E-state index contributed by atoms with van der Waals surface area (Å²) in [6.07, 6.45) is 9.41. The Balaban J connectivity index is 0.000000219. The zero-order valence-electron chi connectivity index (χ0n) is 85.3. The molecule has 0 aromatic carbocycles. The summed E-state index contributed by atoms with van der Waals surface area (Å²) < 4.78 is 97.5. The number of carbonyl (C=O) groups is 6. The van der Waals surface area contributed by atoms with E-state index < -0.39 is 71.3 Å². The van der Waals surface area contributed by atoms with E-state index in [4.69, 9.17) is 85.6 Å². The molecule has 0 bridgehead atoms. The Labute approximate surface area is 797 Å². The Hall–Kier alpha value is -3.83. The predicted octanol–water partition coefficient (Wildman–Crippen LogP) is 12.8. The molecular weight excluding hydrogens is 1750 g/mol. The van der Waals surface area contributed by atoms with E-state index in [0.29, 0.717) is 119 Å². The molecule has 0 aliphatic carbocycles. The first-order chi connectivity index (χ1) is 62.8. The Morgan fingerprint density at radius 3 is 0.910 bits per heavy atom. The number of esters is 5. The fraction of sp³-hybridized carbons (Fsp3) is 0.901. The molecule has 12 heterocycles. The molecule has 41 atom stereocenters. The normalized spacial score (nSPS) is 39.8. The minimum absolute atomic E-state index is 0.0143. The molecule has 0 aromatic heterocycles. The highest BCUT2D eigenvalue weighted by Gasteiger charge is 2.55. The van der Waals surface area contributed by atoms with Gasteiger partial charge in [-0.2, -0.15) is 0 Å². The third-order valence-electron chi connectivity index (χ3n) is 30.0. The summed E-state index contributed by atoms with van der Waals surface area (Å²) in [6, 6.07) is 0. The fourth-order valence-electron chi connectivity index (χ4n) is 21.0. The molecule has 4 unspecified atom stereocenters. The van der Waals surface area contributed by atoms with Crippen LogP contribution in [0.1, 0.15) is 254 Å². The average Bonchev–Trinajstić information content (AvgIpc) is 0.844. The summed E-state index contributed by atoms with van der Waals surface area (Å²) in [4.78, 5) is 69.2. The largest absolute Gasteiger partial charge is 0.466 e. The molecule has 0 amide bonds. The van der Waals surface area contributed by atoms with Crippen LogP contribution in [0.4, 0.5) is 0 Å². The van der Waals surface area contributed by atoms with Crippen molar-refractivity contribution in [1.29, 1.82) is 0 Å². The summed E-state index contributed by atoms with van der Waals surface area (Å²) >= 11 is 0. The van der Waals surface area contributed by atoms with Gasteiger partial charge in [0.15, 0.2) is 6.29 Å². The van der Waals surface area contributed by atoms with E-state index in [1.807, 2.05) is 39.5 Å². The van der Waals surface area contributed by atoms with Gasteiger partial charge in [0, 0.05) is 6.42 Å². The van der Waals surface area contributed by atoms with Crippen molar-refractivity contribution in [2.24, 2.45) is 71.0 Å². The second kappa shape index (κ2) is 55.6. The Bertz CT molecular complexity index is 3320. The van der Waals surface area contributed by atoms with Gasteiger partial charge in [0.2, 0.25) is 0 Å². The van der Waals surface area contributed by atoms with Gasteiger partial charge in [0.25, 0.3) is 0 Å². The van der Waals surface area contributed by atoms with Crippen LogP contribution in [-0.2, 0) is 109 Å². The molecule has 30 nitrogen and oxygen atoms in total. The molecule has 12 aliphatic rings. The van der Waals surface area contributed by atoms with E-state index >= 15 is 0 Å². The van der Waals surface area contributed by atoms with Gasteiger partial charge in [-0.25, -0.2) is 0 Å². The molecule has 770 valence electrons. The van der Waals surface area contributed by atoms with Gasteiger partial charge in [-0.15, -0.1) is 0 Å². The summed E-state index contributed by atoms with van der Waals surface area (Å²) in [6.45, 7) is 54.3. The van der Waals surface area contributed by atoms with Crippen molar-refractivity contribution in [3.63, 3.8) is 0 Å². The van der Waals surface area contributed by atoms with Crippen LogP contribution in [0.3, 0.4) is 0 Å². The number of carbonyl (C=O) groups excluding carboxylic acids is 6. The second-order valence-corrected chi connectivity index (χ2v) is 52.3. The van der Waals surface area contributed by atoms with Crippen LogP contribution in [-0.4, -0.2) is 305 Å². The van der Waals surface area contributed by atoms with Crippen LogP contribution >= 0.6 is 0 Å². The molecule has 0 saturated carbocycles. The first-order valence-corrected chi connectivity index (χ1v) is 58.1. The third kappa shape index (κ3) is 33.9. The number of rotatable bonds is 28. The Kier molecular flexibility index (Phi) is 48.5. The van der Waals surface area contributed by atoms with E-state index in [0.717, 1.165) is 76.9 Å². The highest BCUT2D eigenvalue weighted by Crippen LogP contribution is 2.47. The van der Waals surface area contributed by atoms with Gasteiger partial charge >= 0.3 is 29.8 Å². The SMILES string of the molecule is CCC(C)[C@@H]1O[C@H]2CCC(O)O[C@@H]2[C@H](C)[C@@H]1C.CCOC(=O)C[C@H]1CC[C@@H]2O[C@@H](C(C)CC)[C@@H](C)[C@@H](C)[C@H]2O1.CCOC(=O)C[C@H]1CC[C@@H]2O[C@@H](C(O)CO)[C@@H](C)[C@@H](C)[C@H]2O1.CCOC(=O)C[C@H]1CC[C@@H]2O[C@@H](C=O)[C@@H](C)[C@@H](C)[C@H]2O1.CCOC(=O)C[C@H]1CC[C@@H]2O[C@@H]([C@@H](O)/C=C/[Si](C)(C)C)[C@@H](C)[C@@H](C)[C@H]2O1.CCOC(=O)C[C@H]1CC[C@@H]2O[C@@H]([C@@H](O)/C=C/[Si](C)(C)C)[C@@H](O)[C@@H](O)[C@H]2O1. The molecule has 12 saturated heterocycles.